The van der Waals surface area contributed by atoms with Crippen molar-refractivity contribution in [3.05, 3.63) is 66.7 Å². The zero-order chi connectivity index (χ0) is 11.4. The van der Waals surface area contributed by atoms with Crippen LogP contribution in [-0.4, -0.2) is 6.54 Å². The van der Waals surface area contributed by atoms with E-state index < -0.39 is 0 Å². The fourth-order valence-electron chi connectivity index (χ4n) is 1.77. The number of rotatable bonds is 3. The van der Waals surface area contributed by atoms with Crippen LogP contribution >= 0.6 is 0 Å². The van der Waals surface area contributed by atoms with Gasteiger partial charge < -0.3 is 5.73 Å². The summed E-state index contributed by atoms with van der Waals surface area (Å²) in [7, 11) is 0. The first-order valence-electron chi connectivity index (χ1n) is 5.35. The molecule has 0 radical (unpaired) electrons. The largest absolute Gasteiger partial charge is 0.326 e. The second kappa shape index (κ2) is 4.77. The quantitative estimate of drug-likeness (QED) is 0.824. The number of hydrogen-bond donors (Lipinski definition) is 1. The molecule has 0 saturated heterocycles. The maximum Gasteiger partial charge on any atom is 0.0178 e. The lowest BCUT2D eigenvalue weighted by Gasteiger charge is -2.10. The molecular formula is C15H15N. The van der Waals surface area contributed by atoms with Crippen molar-refractivity contribution in [1.82, 2.24) is 0 Å². The van der Waals surface area contributed by atoms with Crippen LogP contribution in [0.15, 0.2) is 61.2 Å². The van der Waals surface area contributed by atoms with Crippen molar-refractivity contribution in [3.8, 4) is 11.1 Å². The molecule has 0 atom stereocenters. The highest BCUT2D eigenvalue weighted by Gasteiger charge is 2.05. The molecule has 0 spiro atoms. The van der Waals surface area contributed by atoms with Gasteiger partial charge in [0.05, 0.1) is 0 Å². The summed E-state index contributed by atoms with van der Waals surface area (Å²) >= 11 is 0. The van der Waals surface area contributed by atoms with Crippen LogP contribution in [0.1, 0.15) is 5.56 Å². The second-order valence-corrected chi connectivity index (χ2v) is 3.72. The van der Waals surface area contributed by atoms with Crippen LogP contribution < -0.4 is 5.73 Å². The summed E-state index contributed by atoms with van der Waals surface area (Å²) < 4.78 is 0. The molecule has 0 unspecified atom stereocenters. The van der Waals surface area contributed by atoms with Crippen molar-refractivity contribution >= 4 is 5.57 Å². The van der Waals surface area contributed by atoms with Gasteiger partial charge in [0.15, 0.2) is 0 Å². The Kier molecular flexibility index (Phi) is 3.18. The molecular weight excluding hydrogens is 194 g/mol. The Morgan fingerprint density at radius 3 is 2.25 bits per heavy atom. The van der Waals surface area contributed by atoms with E-state index in [9.17, 15) is 0 Å². The molecule has 0 aliphatic heterocycles. The molecule has 0 aliphatic rings. The fraction of sp³-hybridized carbons (Fsp3) is 0.0667. The van der Waals surface area contributed by atoms with E-state index in [4.69, 9.17) is 5.73 Å². The molecule has 1 heteroatoms. The topological polar surface area (TPSA) is 26.0 Å². The van der Waals surface area contributed by atoms with Crippen molar-refractivity contribution in [1.29, 1.82) is 0 Å². The van der Waals surface area contributed by atoms with Crippen LogP contribution in [0.3, 0.4) is 0 Å². The van der Waals surface area contributed by atoms with E-state index in [-0.39, 0.29) is 0 Å². The zero-order valence-corrected chi connectivity index (χ0v) is 9.19. The fourth-order valence-corrected chi connectivity index (χ4v) is 1.77. The van der Waals surface area contributed by atoms with E-state index in [1.807, 2.05) is 30.3 Å². The minimum Gasteiger partial charge on any atom is -0.326 e. The summed E-state index contributed by atoms with van der Waals surface area (Å²) in [5.74, 6) is 0. The Morgan fingerprint density at radius 2 is 1.56 bits per heavy atom. The molecule has 0 heterocycles. The molecule has 0 fully saturated rings. The first kappa shape index (κ1) is 10.7. The summed E-state index contributed by atoms with van der Waals surface area (Å²) in [6.07, 6.45) is 0. The van der Waals surface area contributed by atoms with Crippen LogP contribution in [-0.2, 0) is 0 Å². The predicted octanol–water partition coefficient (Wildman–Crippen LogP) is 3.33. The Balaban J connectivity index is 2.53. The van der Waals surface area contributed by atoms with Crippen LogP contribution in [0.25, 0.3) is 16.7 Å². The average molecular weight is 209 g/mol. The van der Waals surface area contributed by atoms with Crippen molar-refractivity contribution in [2.24, 2.45) is 5.73 Å². The standard InChI is InChI=1S/C15H15N/c1-12(11-16)14-9-5-6-10-15(14)13-7-3-2-4-8-13/h2-10H,1,11,16H2. The van der Waals surface area contributed by atoms with Gasteiger partial charge in [0.1, 0.15) is 0 Å². The molecule has 2 rings (SSSR count). The minimum atomic E-state index is 0.490. The van der Waals surface area contributed by atoms with Crippen LogP contribution in [0.4, 0.5) is 0 Å². The van der Waals surface area contributed by atoms with E-state index >= 15 is 0 Å². The molecule has 2 aromatic rings. The number of benzene rings is 2. The highest BCUT2D eigenvalue weighted by Crippen LogP contribution is 2.27. The van der Waals surface area contributed by atoms with Crippen LogP contribution in [0, 0.1) is 0 Å². The second-order valence-electron chi connectivity index (χ2n) is 3.72. The molecule has 0 bridgehead atoms. The van der Waals surface area contributed by atoms with Gasteiger partial charge in [-0.2, -0.15) is 0 Å². The number of hydrogen-bond acceptors (Lipinski definition) is 1. The Morgan fingerprint density at radius 1 is 0.938 bits per heavy atom. The van der Waals surface area contributed by atoms with Crippen molar-refractivity contribution in [3.63, 3.8) is 0 Å². The SMILES string of the molecule is C=C(CN)c1ccccc1-c1ccccc1. The lowest BCUT2D eigenvalue weighted by atomic mass is 9.95. The van der Waals surface area contributed by atoms with Crippen LogP contribution in [0.2, 0.25) is 0 Å². The first-order valence-corrected chi connectivity index (χ1v) is 5.35. The highest BCUT2D eigenvalue weighted by molar-refractivity contribution is 5.80. The van der Waals surface area contributed by atoms with Crippen molar-refractivity contribution < 1.29 is 0 Å². The maximum absolute atomic E-state index is 5.65. The Hall–Kier alpha value is -1.86. The van der Waals surface area contributed by atoms with Crippen molar-refractivity contribution in [2.75, 3.05) is 6.54 Å². The molecule has 0 saturated carbocycles. The molecule has 0 aromatic heterocycles. The first-order chi connectivity index (χ1) is 7.83. The Labute approximate surface area is 96.2 Å². The van der Waals surface area contributed by atoms with Crippen molar-refractivity contribution in [2.45, 2.75) is 0 Å². The monoisotopic (exact) mass is 209 g/mol. The third-order valence-electron chi connectivity index (χ3n) is 2.64. The van der Waals surface area contributed by atoms with Gasteiger partial charge in [0.25, 0.3) is 0 Å². The number of nitrogens with two attached hydrogens (primary N) is 1. The minimum absolute atomic E-state index is 0.490. The van der Waals surface area contributed by atoms with E-state index in [0.29, 0.717) is 6.54 Å². The highest BCUT2D eigenvalue weighted by atomic mass is 14.5. The molecule has 2 N–H and O–H groups in total. The van der Waals surface area contributed by atoms with Gasteiger partial charge in [-0.25, -0.2) is 0 Å². The zero-order valence-electron chi connectivity index (χ0n) is 9.19. The van der Waals surface area contributed by atoms with Crippen LogP contribution in [0.5, 0.6) is 0 Å². The molecule has 1 nitrogen and oxygen atoms in total. The summed E-state index contributed by atoms with van der Waals surface area (Å²) in [5.41, 5.74) is 10.2. The third kappa shape index (κ3) is 2.05. The van der Waals surface area contributed by atoms with E-state index in [1.165, 1.54) is 11.1 Å². The van der Waals surface area contributed by atoms with Gasteiger partial charge in [-0.1, -0.05) is 61.2 Å². The molecule has 16 heavy (non-hydrogen) atoms. The summed E-state index contributed by atoms with van der Waals surface area (Å²) in [5, 5.41) is 0. The normalized spacial score (nSPS) is 10.1. The van der Waals surface area contributed by atoms with Gasteiger partial charge in [0, 0.05) is 6.54 Å². The summed E-state index contributed by atoms with van der Waals surface area (Å²) in [4.78, 5) is 0. The van der Waals surface area contributed by atoms with E-state index in [2.05, 4.69) is 30.8 Å². The molecule has 0 amide bonds. The van der Waals surface area contributed by atoms with Gasteiger partial charge in [-0.05, 0) is 22.3 Å². The maximum atomic E-state index is 5.65. The molecule has 2 aromatic carbocycles. The lowest BCUT2D eigenvalue weighted by molar-refractivity contribution is 1.27. The van der Waals surface area contributed by atoms with Gasteiger partial charge >= 0.3 is 0 Å². The van der Waals surface area contributed by atoms with Gasteiger partial charge in [0.2, 0.25) is 0 Å². The smallest absolute Gasteiger partial charge is 0.0178 e. The summed E-state index contributed by atoms with van der Waals surface area (Å²) in [6.45, 7) is 4.49. The lowest BCUT2D eigenvalue weighted by Crippen LogP contribution is -2.02. The van der Waals surface area contributed by atoms with E-state index in [0.717, 1.165) is 11.1 Å². The Bertz CT molecular complexity index is 486. The van der Waals surface area contributed by atoms with Gasteiger partial charge in [-0.3, -0.25) is 0 Å². The summed E-state index contributed by atoms with van der Waals surface area (Å²) in [6, 6.07) is 18.5. The molecule has 0 aliphatic carbocycles. The predicted molar refractivity (Wildman–Crippen MR) is 70.0 cm³/mol. The third-order valence-corrected chi connectivity index (χ3v) is 2.64. The average Bonchev–Trinajstić information content (AvgIpc) is 2.39. The molecule has 80 valence electrons. The van der Waals surface area contributed by atoms with Gasteiger partial charge in [-0.15, -0.1) is 0 Å². The van der Waals surface area contributed by atoms with E-state index in [1.54, 1.807) is 0 Å².